The maximum Gasteiger partial charge on any atom is 0.249 e. The van der Waals surface area contributed by atoms with Crippen molar-refractivity contribution in [1.82, 2.24) is 20.8 Å². The van der Waals surface area contributed by atoms with Crippen molar-refractivity contribution in [3.05, 3.63) is 35.5 Å². The van der Waals surface area contributed by atoms with Crippen molar-refractivity contribution in [3.8, 4) is 11.4 Å². The Morgan fingerprint density at radius 2 is 2.12 bits per heavy atom. The predicted molar refractivity (Wildman–Crippen MR) is 93.8 cm³/mol. The van der Waals surface area contributed by atoms with E-state index in [1.807, 2.05) is 6.92 Å². The number of carbonyl (C=O) groups excluding carboxylic acids is 1. The fourth-order valence-corrected chi connectivity index (χ4v) is 2.60. The molecule has 0 aliphatic carbocycles. The molecule has 3 rings (SSSR count). The molecule has 136 valence electrons. The van der Waals surface area contributed by atoms with Crippen LogP contribution in [0.1, 0.15) is 31.3 Å². The fraction of sp³-hybridized carbons (Fsp3) is 0.471. The molecule has 0 radical (unpaired) electrons. The Morgan fingerprint density at radius 1 is 1.40 bits per heavy atom. The highest BCUT2D eigenvalue weighted by Gasteiger charge is 2.30. The van der Waals surface area contributed by atoms with Crippen LogP contribution in [0.2, 0.25) is 0 Å². The molecule has 1 aromatic heterocycles. The largest absolute Gasteiger partial charge is 0.344 e. The summed E-state index contributed by atoms with van der Waals surface area (Å²) in [6, 6.07) is 4.26. The maximum atomic E-state index is 13.3. The average Bonchev–Trinajstić information content (AvgIpc) is 2.98. The number of benzene rings is 1. The first-order valence-electron chi connectivity index (χ1n) is 8.07. The van der Waals surface area contributed by atoms with E-state index in [-0.39, 0.29) is 36.1 Å². The van der Waals surface area contributed by atoms with Gasteiger partial charge in [-0.2, -0.15) is 4.98 Å². The van der Waals surface area contributed by atoms with Gasteiger partial charge in [-0.15, -0.1) is 12.4 Å². The minimum absolute atomic E-state index is 0. The second kappa shape index (κ2) is 7.93. The van der Waals surface area contributed by atoms with Crippen LogP contribution in [0, 0.1) is 24.6 Å². The zero-order valence-electron chi connectivity index (χ0n) is 14.4. The third-order valence-electron chi connectivity index (χ3n) is 4.52. The summed E-state index contributed by atoms with van der Waals surface area (Å²) in [7, 11) is 0. The lowest BCUT2D eigenvalue weighted by Crippen LogP contribution is -2.49. The summed E-state index contributed by atoms with van der Waals surface area (Å²) in [5, 5.41) is 9.99. The second-order valence-corrected chi connectivity index (χ2v) is 6.36. The van der Waals surface area contributed by atoms with E-state index in [1.165, 1.54) is 6.07 Å². The van der Waals surface area contributed by atoms with Gasteiger partial charge < -0.3 is 15.2 Å². The number of amides is 1. The highest BCUT2D eigenvalue weighted by Crippen LogP contribution is 2.22. The fourth-order valence-electron chi connectivity index (χ4n) is 2.60. The molecule has 2 unspecified atom stereocenters. The molecule has 2 aromatic rings. The van der Waals surface area contributed by atoms with Gasteiger partial charge in [0.1, 0.15) is 11.9 Å². The van der Waals surface area contributed by atoms with Gasteiger partial charge in [0, 0.05) is 11.5 Å². The lowest BCUT2D eigenvalue weighted by Gasteiger charge is -2.32. The van der Waals surface area contributed by atoms with E-state index in [0.717, 1.165) is 13.1 Å². The first-order valence-corrected chi connectivity index (χ1v) is 8.07. The van der Waals surface area contributed by atoms with Crippen LogP contribution in [-0.4, -0.2) is 29.1 Å². The molecule has 1 aliphatic rings. The number of nitrogens with zero attached hydrogens (tertiary/aromatic N) is 2. The van der Waals surface area contributed by atoms with E-state index in [0.29, 0.717) is 28.8 Å². The van der Waals surface area contributed by atoms with Crippen molar-refractivity contribution in [3.63, 3.8) is 0 Å². The molecule has 2 heterocycles. The first-order chi connectivity index (χ1) is 11.5. The Morgan fingerprint density at radius 3 is 2.72 bits per heavy atom. The Labute approximate surface area is 152 Å². The van der Waals surface area contributed by atoms with Crippen LogP contribution >= 0.6 is 12.4 Å². The summed E-state index contributed by atoms with van der Waals surface area (Å²) >= 11 is 0. The molecular formula is C17H22ClFN4O2. The highest BCUT2D eigenvalue weighted by molar-refractivity contribution is 5.85. The molecule has 0 saturated carbocycles. The second-order valence-electron chi connectivity index (χ2n) is 6.36. The zero-order chi connectivity index (χ0) is 17.3. The maximum absolute atomic E-state index is 13.3. The van der Waals surface area contributed by atoms with Gasteiger partial charge in [-0.05, 0) is 56.6 Å². The highest BCUT2D eigenvalue weighted by atomic mass is 35.5. The zero-order valence-corrected chi connectivity index (χ0v) is 15.2. The van der Waals surface area contributed by atoms with Crippen LogP contribution in [0.5, 0.6) is 0 Å². The molecule has 1 fully saturated rings. The average molecular weight is 369 g/mol. The minimum Gasteiger partial charge on any atom is -0.344 e. The van der Waals surface area contributed by atoms with Crippen LogP contribution in [0.3, 0.4) is 0 Å². The van der Waals surface area contributed by atoms with Crippen molar-refractivity contribution in [2.75, 3.05) is 13.1 Å². The number of carbonyl (C=O) groups is 1. The van der Waals surface area contributed by atoms with Crippen LogP contribution in [0.15, 0.2) is 22.7 Å². The smallest absolute Gasteiger partial charge is 0.249 e. The van der Waals surface area contributed by atoms with Gasteiger partial charge in [0.05, 0.1) is 0 Å². The van der Waals surface area contributed by atoms with Crippen LogP contribution < -0.4 is 10.6 Å². The van der Waals surface area contributed by atoms with E-state index < -0.39 is 0 Å². The van der Waals surface area contributed by atoms with Gasteiger partial charge in [-0.3, -0.25) is 4.79 Å². The third-order valence-corrected chi connectivity index (χ3v) is 4.52. The number of hydrogen-bond donors (Lipinski definition) is 2. The van der Waals surface area contributed by atoms with Gasteiger partial charge >= 0.3 is 0 Å². The molecule has 6 nitrogen and oxygen atoms in total. The van der Waals surface area contributed by atoms with Crippen molar-refractivity contribution in [2.24, 2.45) is 11.8 Å². The topological polar surface area (TPSA) is 80.0 Å². The lowest BCUT2D eigenvalue weighted by molar-refractivity contribution is -0.127. The lowest BCUT2D eigenvalue weighted by atomic mass is 9.88. The predicted octanol–water partition coefficient (Wildman–Crippen LogP) is 2.64. The summed E-state index contributed by atoms with van der Waals surface area (Å²) in [6.45, 7) is 7.15. The first kappa shape index (κ1) is 19.3. The van der Waals surface area contributed by atoms with E-state index in [9.17, 15) is 9.18 Å². The summed E-state index contributed by atoms with van der Waals surface area (Å²) < 4.78 is 18.6. The Hall–Kier alpha value is -1.99. The van der Waals surface area contributed by atoms with E-state index in [2.05, 4.69) is 20.8 Å². The van der Waals surface area contributed by atoms with Gasteiger partial charge in [0.2, 0.25) is 17.6 Å². The third kappa shape index (κ3) is 4.16. The Balaban J connectivity index is 0.00000225. The van der Waals surface area contributed by atoms with E-state index in [1.54, 1.807) is 26.0 Å². The molecular weight excluding hydrogens is 347 g/mol. The summed E-state index contributed by atoms with van der Waals surface area (Å²) in [6.07, 6.45) is 0. The molecule has 1 aliphatic heterocycles. The van der Waals surface area contributed by atoms with E-state index >= 15 is 0 Å². The monoisotopic (exact) mass is 368 g/mol. The van der Waals surface area contributed by atoms with Crippen LogP contribution in [0.25, 0.3) is 11.4 Å². The number of nitrogens with one attached hydrogen (secondary N) is 2. The molecule has 1 aromatic carbocycles. The SMILES string of the molecule is Cc1cc(-c2noc(C(C)NC(=O)C(C)C3CNC3)n2)ccc1F.Cl. The number of rotatable bonds is 5. The molecule has 2 atom stereocenters. The van der Waals surface area contributed by atoms with Crippen molar-refractivity contribution in [2.45, 2.75) is 26.8 Å². The molecule has 25 heavy (non-hydrogen) atoms. The van der Waals surface area contributed by atoms with Crippen LogP contribution in [0.4, 0.5) is 4.39 Å². The van der Waals surface area contributed by atoms with Gasteiger partial charge in [-0.1, -0.05) is 12.1 Å². The summed E-state index contributed by atoms with van der Waals surface area (Å²) in [4.78, 5) is 16.6. The number of halogens is 2. The molecule has 0 spiro atoms. The minimum atomic E-state index is -0.379. The molecule has 8 heteroatoms. The molecule has 0 bridgehead atoms. The Bertz CT molecular complexity index is 748. The molecule has 1 amide bonds. The van der Waals surface area contributed by atoms with Crippen LogP contribution in [-0.2, 0) is 4.79 Å². The number of hydrogen-bond acceptors (Lipinski definition) is 5. The number of aryl methyl sites for hydroxylation is 1. The quantitative estimate of drug-likeness (QED) is 0.848. The van der Waals surface area contributed by atoms with Gasteiger partial charge in [0.15, 0.2) is 0 Å². The molecule has 2 N–H and O–H groups in total. The normalized spacial score (nSPS) is 16.5. The van der Waals surface area contributed by atoms with Gasteiger partial charge in [-0.25, -0.2) is 4.39 Å². The summed E-state index contributed by atoms with van der Waals surface area (Å²) in [5.74, 6) is 0.729. The summed E-state index contributed by atoms with van der Waals surface area (Å²) in [5.41, 5.74) is 1.19. The van der Waals surface area contributed by atoms with Crippen molar-refractivity contribution in [1.29, 1.82) is 0 Å². The molecule has 1 saturated heterocycles. The van der Waals surface area contributed by atoms with Crippen molar-refractivity contribution >= 4 is 18.3 Å². The standard InChI is InChI=1S/C17H21FN4O2.ClH/c1-9-6-12(4-5-14(9)18)15-21-17(24-22-15)11(3)20-16(23)10(2)13-7-19-8-13;/h4-6,10-11,13,19H,7-8H2,1-3H3,(H,20,23);1H. The van der Waals surface area contributed by atoms with E-state index in [4.69, 9.17) is 4.52 Å². The van der Waals surface area contributed by atoms with Crippen molar-refractivity contribution < 1.29 is 13.7 Å². The van der Waals surface area contributed by atoms with Gasteiger partial charge in [0.25, 0.3) is 0 Å². The Kier molecular flexibility index (Phi) is 6.13. The number of aromatic nitrogens is 2.